The number of hydrogen-bond donors (Lipinski definition) is 1. The predicted molar refractivity (Wildman–Crippen MR) is 72.5 cm³/mol. The molecule has 0 unspecified atom stereocenters. The van der Waals surface area contributed by atoms with E-state index in [9.17, 15) is 8.42 Å². The molecule has 2 fully saturated rings. The Morgan fingerprint density at radius 3 is 2.29 bits per heavy atom. The summed E-state index contributed by atoms with van der Waals surface area (Å²) in [5, 5.41) is 3.39. The summed E-state index contributed by atoms with van der Waals surface area (Å²) >= 11 is 0. The molecule has 2 aliphatic heterocycles. The molecule has 0 radical (unpaired) electrons. The molecular weight excluding hydrogens is 260 g/mol. The second-order valence-electron chi connectivity index (χ2n) is 5.09. The monoisotopic (exact) mass is 282 g/mol. The van der Waals surface area contributed by atoms with Crippen LogP contribution in [-0.2, 0) is 9.84 Å². The van der Waals surface area contributed by atoms with Crippen LogP contribution in [0.1, 0.15) is 13.3 Å². The molecule has 0 aromatic carbocycles. The molecule has 2 saturated heterocycles. The maximum Gasteiger partial charge on any atom is 0.151 e. The standard InChI is InChI=1S/C11H22N2O2S.ClH/c1-2-4-16(14,15)5-3-13-8-10-6-12-7-11(10)9-13;/h10-12H,2-9H2,1H3;1H/t10-,11+;. The van der Waals surface area contributed by atoms with Crippen molar-refractivity contribution in [3.8, 4) is 0 Å². The van der Waals surface area contributed by atoms with Crippen molar-refractivity contribution in [2.45, 2.75) is 13.3 Å². The molecule has 0 aromatic heterocycles. The zero-order valence-electron chi connectivity index (χ0n) is 10.4. The number of nitrogens with zero attached hydrogens (tertiary/aromatic N) is 1. The lowest BCUT2D eigenvalue weighted by atomic mass is 10.0. The molecule has 6 heteroatoms. The zero-order chi connectivity index (χ0) is 11.6. The van der Waals surface area contributed by atoms with Gasteiger partial charge in [0, 0.05) is 25.4 Å². The van der Waals surface area contributed by atoms with E-state index in [1.165, 1.54) is 0 Å². The van der Waals surface area contributed by atoms with Crippen LogP contribution >= 0.6 is 12.4 Å². The molecular formula is C11H23ClN2O2S. The van der Waals surface area contributed by atoms with Gasteiger partial charge < -0.3 is 10.2 Å². The van der Waals surface area contributed by atoms with Crippen molar-refractivity contribution < 1.29 is 8.42 Å². The zero-order valence-corrected chi connectivity index (χ0v) is 12.0. The summed E-state index contributed by atoms with van der Waals surface area (Å²) in [6.07, 6.45) is 0.734. The van der Waals surface area contributed by atoms with Gasteiger partial charge in [-0.1, -0.05) is 6.92 Å². The minimum absolute atomic E-state index is 0. The van der Waals surface area contributed by atoms with Crippen molar-refractivity contribution in [2.75, 3.05) is 44.2 Å². The first-order valence-corrected chi connectivity index (χ1v) is 8.06. The van der Waals surface area contributed by atoms with E-state index in [-0.39, 0.29) is 12.4 Å². The minimum Gasteiger partial charge on any atom is -0.316 e. The molecule has 0 aliphatic carbocycles. The van der Waals surface area contributed by atoms with Crippen LogP contribution in [0.25, 0.3) is 0 Å². The van der Waals surface area contributed by atoms with Gasteiger partial charge in [0.1, 0.15) is 0 Å². The van der Waals surface area contributed by atoms with Gasteiger partial charge in [-0.25, -0.2) is 8.42 Å². The average molecular weight is 283 g/mol. The van der Waals surface area contributed by atoms with Crippen molar-refractivity contribution in [2.24, 2.45) is 11.8 Å². The lowest BCUT2D eigenvalue weighted by Gasteiger charge is -2.16. The fourth-order valence-electron chi connectivity index (χ4n) is 2.82. The molecule has 0 aromatic rings. The Labute approximate surface area is 110 Å². The number of halogens is 1. The van der Waals surface area contributed by atoms with E-state index in [1.807, 2.05) is 6.92 Å². The first-order chi connectivity index (χ1) is 7.61. The van der Waals surface area contributed by atoms with E-state index >= 15 is 0 Å². The normalized spacial score (nSPS) is 29.0. The third-order valence-electron chi connectivity index (χ3n) is 3.70. The number of fused-ring (bicyclic) bond motifs is 1. The van der Waals surface area contributed by atoms with Gasteiger partial charge in [0.25, 0.3) is 0 Å². The molecule has 0 bridgehead atoms. The van der Waals surface area contributed by atoms with Crippen LogP contribution in [0.5, 0.6) is 0 Å². The SMILES string of the molecule is CCCS(=O)(=O)CCN1C[C@H]2CNC[C@H]2C1.Cl. The fraction of sp³-hybridized carbons (Fsp3) is 1.00. The lowest BCUT2D eigenvalue weighted by Crippen LogP contribution is -2.31. The van der Waals surface area contributed by atoms with Crippen molar-refractivity contribution in [3.63, 3.8) is 0 Å². The van der Waals surface area contributed by atoms with Crippen LogP contribution in [0.3, 0.4) is 0 Å². The van der Waals surface area contributed by atoms with Crippen molar-refractivity contribution in [1.82, 2.24) is 10.2 Å². The largest absolute Gasteiger partial charge is 0.316 e. The van der Waals surface area contributed by atoms with Gasteiger partial charge in [0.2, 0.25) is 0 Å². The summed E-state index contributed by atoms with van der Waals surface area (Å²) in [6.45, 7) is 7.04. The molecule has 4 nitrogen and oxygen atoms in total. The highest BCUT2D eigenvalue weighted by Crippen LogP contribution is 2.25. The highest BCUT2D eigenvalue weighted by Gasteiger charge is 2.35. The summed E-state index contributed by atoms with van der Waals surface area (Å²) in [5.41, 5.74) is 0. The fourth-order valence-corrected chi connectivity index (χ4v) is 4.18. The van der Waals surface area contributed by atoms with E-state index < -0.39 is 9.84 Å². The molecule has 2 atom stereocenters. The van der Waals surface area contributed by atoms with E-state index in [1.54, 1.807) is 0 Å². The van der Waals surface area contributed by atoms with E-state index in [0.717, 1.165) is 51.0 Å². The van der Waals surface area contributed by atoms with Gasteiger partial charge in [0.15, 0.2) is 9.84 Å². The van der Waals surface area contributed by atoms with Crippen LogP contribution in [0.4, 0.5) is 0 Å². The summed E-state index contributed by atoms with van der Waals surface area (Å²) < 4.78 is 23.2. The van der Waals surface area contributed by atoms with Gasteiger partial charge in [-0.15, -0.1) is 12.4 Å². The van der Waals surface area contributed by atoms with Crippen LogP contribution in [0.2, 0.25) is 0 Å². The molecule has 0 saturated carbocycles. The highest BCUT2D eigenvalue weighted by molar-refractivity contribution is 7.91. The van der Waals surface area contributed by atoms with Gasteiger partial charge >= 0.3 is 0 Å². The Kier molecular flexibility index (Phi) is 5.70. The Hall–Kier alpha value is 0.160. The van der Waals surface area contributed by atoms with Crippen molar-refractivity contribution in [3.05, 3.63) is 0 Å². The molecule has 2 rings (SSSR count). The number of sulfone groups is 1. The van der Waals surface area contributed by atoms with Crippen LogP contribution in [-0.4, -0.2) is 57.5 Å². The maximum atomic E-state index is 11.6. The van der Waals surface area contributed by atoms with Gasteiger partial charge in [0.05, 0.1) is 5.75 Å². The third kappa shape index (κ3) is 4.09. The summed E-state index contributed by atoms with van der Waals surface area (Å²) in [5.74, 6) is 2.20. The topological polar surface area (TPSA) is 49.4 Å². The smallest absolute Gasteiger partial charge is 0.151 e. The van der Waals surface area contributed by atoms with E-state index in [4.69, 9.17) is 0 Å². The molecule has 0 amide bonds. The third-order valence-corrected chi connectivity index (χ3v) is 5.53. The Bertz CT molecular complexity index is 322. The first kappa shape index (κ1) is 15.2. The lowest BCUT2D eigenvalue weighted by molar-refractivity contribution is 0.331. The Balaban J connectivity index is 0.00000144. The van der Waals surface area contributed by atoms with Gasteiger partial charge in [-0.2, -0.15) is 0 Å². The second-order valence-corrected chi connectivity index (χ2v) is 7.39. The molecule has 2 aliphatic rings. The summed E-state index contributed by atoms with van der Waals surface area (Å²) in [7, 11) is -2.80. The minimum atomic E-state index is -2.80. The predicted octanol–water partition coefficient (Wildman–Crippen LogP) is 0.384. The number of hydrogen-bond acceptors (Lipinski definition) is 4. The van der Waals surface area contributed by atoms with Crippen LogP contribution < -0.4 is 5.32 Å². The maximum absolute atomic E-state index is 11.6. The van der Waals surface area contributed by atoms with Crippen LogP contribution in [0.15, 0.2) is 0 Å². The molecule has 0 spiro atoms. The molecule has 2 heterocycles. The molecule has 17 heavy (non-hydrogen) atoms. The van der Waals surface area contributed by atoms with Crippen molar-refractivity contribution >= 4 is 22.2 Å². The average Bonchev–Trinajstić information content (AvgIpc) is 2.73. The quantitative estimate of drug-likeness (QED) is 0.792. The highest BCUT2D eigenvalue weighted by atomic mass is 35.5. The van der Waals surface area contributed by atoms with E-state index in [2.05, 4.69) is 10.2 Å². The Morgan fingerprint density at radius 2 is 1.76 bits per heavy atom. The number of likely N-dealkylation sites (tertiary alicyclic amines) is 1. The summed E-state index contributed by atoms with van der Waals surface area (Å²) in [6, 6.07) is 0. The molecule has 102 valence electrons. The van der Waals surface area contributed by atoms with Crippen molar-refractivity contribution in [1.29, 1.82) is 0 Å². The van der Waals surface area contributed by atoms with Gasteiger partial charge in [-0.3, -0.25) is 0 Å². The van der Waals surface area contributed by atoms with Gasteiger partial charge in [-0.05, 0) is 31.3 Å². The van der Waals surface area contributed by atoms with Crippen LogP contribution in [0, 0.1) is 11.8 Å². The van der Waals surface area contributed by atoms with E-state index in [0.29, 0.717) is 11.5 Å². The Morgan fingerprint density at radius 1 is 1.18 bits per heavy atom. The second kappa shape index (κ2) is 6.36. The number of rotatable bonds is 5. The molecule has 1 N–H and O–H groups in total. The number of nitrogens with one attached hydrogen (secondary N) is 1. The first-order valence-electron chi connectivity index (χ1n) is 6.24. The summed E-state index contributed by atoms with van der Waals surface area (Å²) in [4.78, 5) is 2.32.